The first kappa shape index (κ1) is 17.8. The fourth-order valence-electron chi connectivity index (χ4n) is 3.40. The van der Waals surface area contributed by atoms with Crippen LogP contribution in [-0.4, -0.2) is 37.2 Å². The second-order valence-electron chi connectivity index (χ2n) is 7.03. The van der Waals surface area contributed by atoms with Crippen LogP contribution in [0, 0.1) is 26.7 Å². The number of hydrogen-bond donors (Lipinski definition) is 3. The Balaban J connectivity index is 1.77. The van der Waals surface area contributed by atoms with Gasteiger partial charge in [-0.2, -0.15) is 0 Å². The molecule has 2 heterocycles. The Labute approximate surface area is 150 Å². The lowest BCUT2D eigenvalue weighted by Crippen LogP contribution is -2.39. The number of aromatic nitrogens is 1. The molecule has 5 nitrogen and oxygen atoms in total. The standard InChI is InChI=1S/C20H30N4O/c1-5-21-20(22-10-16-6-7-25-12-16)23-11-17-8-13(2)9-18-14(3)15(4)24-19(17)18/h8-9,16,24H,5-7,10-12H2,1-4H3,(H2,21,22,23). The van der Waals surface area contributed by atoms with Crippen molar-refractivity contribution in [1.82, 2.24) is 15.6 Å². The highest BCUT2D eigenvalue weighted by atomic mass is 16.5. The summed E-state index contributed by atoms with van der Waals surface area (Å²) in [7, 11) is 0. The lowest BCUT2D eigenvalue weighted by atomic mass is 10.0. The Bertz CT molecular complexity index is 757. The van der Waals surface area contributed by atoms with Gasteiger partial charge in [0.2, 0.25) is 0 Å². The molecular formula is C20H30N4O. The van der Waals surface area contributed by atoms with Crippen molar-refractivity contribution in [1.29, 1.82) is 0 Å². The van der Waals surface area contributed by atoms with E-state index in [1.807, 2.05) is 0 Å². The summed E-state index contributed by atoms with van der Waals surface area (Å²) in [6.45, 7) is 12.7. The van der Waals surface area contributed by atoms with Crippen molar-refractivity contribution in [3.05, 3.63) is 34.5 Å². The Morgan fingerprint density at radius 1 is 1.28 bits per heavy atom. The number of aryl methyl sites for hydroxylation is 3. The lowest BCUT2D eigenvalue weighted by molar-refractivity contribution is 0.186. The number of hydrogen-bond acceptors (Lipinski definition) is 2. The molecule has 5 heteroatoms. The molecule has 2 aromatic rings. The van der Waals surface area contributed by atoms with E-state index in [2.05, 4.69) is 55.4 Å². The number of benzene rings is 1. The zero-order valence-corrected chi connectivity index (χ0v) is 15.8. The molecule has 3 rings (SSSR count). The number of rotatable bonds is 5. The lowest BCUT2D eigenvalue weighted by Gasteiger charge is -2.14. The average molecular weight is 342 g/mol. The Hall–Kier alpha value is -2.01. The van der Waals surface area contributed by atoms with Crippen LogP contribution in [0.1, 0.15) is 35.7 Å². The maximum atomic E-state index is 5.45. The summed E-state index contributed by atoms with van der Waals surface area (Å²) < 4.78 is 5.45. The largest absolute Gasteiger partial charge is 0.381 e. The first-order chi connectivity index (χ1) is 12.1. The molecule has 0 aliphatic carbocycles. The van der Waals surface area contributed by atoms with Crippen LogP contribution in [0.3, 0.4) is 0 Å². The SMILES string of the molecule is CCNC(=NCc1cc(C)cc2c(C)c(C)[nH]c12)NCC1CCOC1. The molecule has 0 radical (unpaired) electrons. The Kier molecular flexibility index (Phi) is 5.63. The quantitative estimate of drug-likeness (QED) is 0.578. The third kappa shape index (κ3) is 4.15. The number of nitrogens with zero attached hydrogens (tertiary/aromatic N) is 1. The Morgan fingerprint density at radius 2 is 2.12 bits per heavy atom. The highest BCUT2D eigenvalue weighted by Crippen LogP contribution is 2.26. The fourth-order valence-corrected chi connectivity index (χ4v) is 3.40. The second kappa shape index (κ2) is 7.91. The molecule has 1 atom stereocenters. The van der Waals surface area contributed by atoms with E-state index >= 15 is 0 Å². The normalized spacial score (nSPS) is 18.1. The maximum Gasteiger partial charge on any atom is 0.191 e. The summed E-state index contributed by atoms with van der Waals surface area (Å²) in [5.41, 5.74) is 6.30. The highest BCUT2D eigenvalue weighted by molar-refractivity contribution is 5.88. The van der Waals surface area contributed by atoms with Crippen molar-refractivity contribution < 1.29 is 4.74 Å². The van der Waals surface area contributed by atoms with E-state index in [0.29, 0.717) is 12.5 Å². The molecule has 25 heavy (non-hydrogen) atoms. The van der Waals surface area contributed by atoms with E-state index in [9.17, 15) is 0 Å². The third-order valence-corrected chi connectivity index (χ3v) is 4.98. The first-order valence-corrected chi connectivity index (χ1v) is 9.26. The van der Waals surface area contributed by atoms with Gasteiger partial charge in [-0.05, 0) is 51.3 Å². The van der Waals surface area contributed by atoms with Gasteiger partial charge in [0.05, 0.1) is 18.7 Å². The minimum atomic E-state index is 0.586. The van der Waals surface area contributed by atoms with E-state index in [-0.39, 0.29) is 0 Å². The molecule has 1 fully saturated rings. The molecule has 0 amide bonds. The highest BCUT2D eigenvalue weighted by Gasteiger charge is 2.16. The molecule has 1 aliphatic heterocycles. The maximum absolute atomic E-state index is 5.45. The van der Waals surface area contributed by atoms with Crippen molar-refractivity contribution in [2.24, 2.45) is 10.9 Å². The van der Waals surface area contributed by atoms with Crippen molar-refractivity contribution in [3.63, 3.8) is 0 Å². The molecule has 1 aromatic carbocycles. The molecule has 0 spiro atoms. The zero-order valence-electron chi connectivity index (χ0n) is 15.8. The molecule has 1 unspecified atom stereocenters. The number of H-pyrrole nitrogens is 1. The number of fused-ring (bicyclic) bond motifs is 1. The summed E-state index contributed by atoms with van der Waals surface area (Å²) >= 11 is 0. The summed E-state index contributed by atoms with van der Waals surface area (Å²) in [5.74, 6) is 1.47. The molecule has 136 valence electrons. The molecule has 0 saturated carbocycles. The van der Waals surface area contributed by atoms with E-state index in [4.69, 9.17) is 9.73 Å². The average Bonchev–Trinajstić information content (AvgIpc) is 3.20. The van der Waals surface area contributed by atoms with Gasteiger partial charge < -0.3 is 20.4 Å². The van der Waals surface area contributed by atoms with Crippen LogP contribution in [0.4, 0.5) is 0 Å². The number of nitrogens with one attached hydrogen (secondary N) is 3. The van der Waals surface area contributed by atoms with Crippen LogP contribution in [0.2, 0.25) is 0 Å². The van der Waals surface area contributed by atoms with Crippen LogP contribution in [0.5, 0.6) is 0 Å². The number of aliphatic imine (C=N–C) groups is 1. The fraction of sp³-hybridized carbons (Fsp3) is 0.550. The minimum Gasteiger partial charge on any atom is -0.381 e. The zero-order chi connectivity index (χ0) is 17.8. The van der Waals surface area contributed by atoms with Gasteiger partial charge >= 0.3 is 0 Å². The van der Waals surface area contributed by atoms with Crippen LogP contribution < -0.4 is 10.6 Å². The van der Waals surface area contributed by atoms with Gasteiger partial charge in [0.15, 0.2) is 5.96 Å². The van der Waals surface area contributed by atoms with Crippen LogP contribution in [-0.2, 0) is 11.3 Å². The van der Waals surface area contributed by atoms with E-state index < -0.39 is 0 Å². The molecule has 1 aliphatic rings. The van der Waals surface area contributed by atoms with Crippen molar-refractivity contribution in [3.8, 4) is 0 Å². The Morgan fingerprint density at radius 3 is 2.84 bits per heavy atom. The molecule has 3 N–H and O–H groups in total. The topological polar surface area (TPSA) is 61.4 Å². The number of aromatic amines is 1. The molecule has 0 bridgehead atoms. The van der Waals surface area contributed by atoms with E-state index in [1.54, 1.807) is 0 Å². The summed E-state index contributed by atoms with van der Waals surface area (Å²) in [5, 5.41) is 8.11. The summed E-state index contributed by atoms with van der Waals surface area (Å²) in [6, 6.07) is 4.49. The molecule has 1 saturated heterocycles. The van der Waals surface area contributed by atoms with Crippen molar-refractivity contribution >= 4 is 16.9 Å². The number of guanidine groups is 1. The van der Waals surface area contributed by atoms with E-state index in [0.717, 1.165) is 38.7 Å². The van der Waals surface area contributed by atoms with Gasteiger partial charge in [-0.3, -0.25) is 0 Å². The molecule has 1 aromatic heterocycles. The monoisotopic (exact) mass is 342 g/mol. The summed E-state index contributed by atoms with van der Waals surface area (Å²) in [6.07, 6.45) is 1.13. The van der Waals surface area contributed by atoms with Gasteiger partial charge in [-0.25, -0.2) is 4.99 Å². The van der Waals surface area contributed by atoms with Gasteiger partial charge in [0, 0.05) is 36.7 Å². The van der Waals surface area contributed by atoms with Gasteiger partial charge in [-0.1, -0.05) is 11.6 Å². The predicted octanol–water partition coefficient (Wildman–Crippen LogP) is 3.18. The van der Waals surface area contributed by atoms with Crippen molar-refractivity contribution in [2.75, 3.05) is 26.3 Å². The minimum absolute atomic E-state index is 0.586. The first-order valence-electron chi connectivity index (χ1n) is 9.26. The van der Waals surface area contributed by atoms with Crippen LogP contribution in [0.15, 0.2) is 17.1 Å². The number of ether oxygens (including phenoxy) is 1. The van der Waals surface area contributed by atoms with Crippen LogP contribution >= 0.6 is 0 Å². The van der Waals surface area contributed by atoms with Crippen molar-refractivity contribution in [2.45, 2.75) is 40.7 Å². The van der Waals surface area contributed by atoms with E-state index in [1.165, 1.54) is 33.3 Å². The van der Waals surface area contributed by atoms with Gasteiger partial charge in [0.25, 0.3) is 0 Å². The van der Waals surface area contributed by atoms with Gasteiger partial charge in [0.1, 0.15) is 0 Å². The summed E-state index contributed by atoms with van der Waals surface area (Å²) in [4.78, 5) is 8.34. The third-order valence-electron chi connectivity index (χ3n) is 4.98. The molecular weight excluding hydrogens is 312 g/mol. The predicted molar refractivity (Wildman–Crippen MR) is 104 cm³/mol. The van der Waals surface area contributed by atoms with Crippen LogP contribution in [0.25, 0.3) is 10.9 Å². The van der Waals surface area contributed by atoms with Gasteiger partial charge in [-0.15, -0.1) is 0 Å². The second-order valence-corrected chi connectivity index (χ2v) is 7.03. The smallest absolute Gasteiger partial charge is 0.191 e.